The Bertz CT molecular complexity index is 717. The third-order valence-electron chi connectivity index (χ3n) is 2.84. The lowest BCUT2D eigenvalue weighted by molar-refractivity contribution is -0.115. The number of nitrogens with zero attached hydrogens (tertiary/aromatic N) is 1. The van der Waals surface area contributed by atoms with Crippen LogP contribution in [0.3, 0.4) is 0 Å². The monoisotopic (exact) mass is 268 g/mol. The van der Waals surface area contributed by atoms with Gasteiger partial charge in [0.15, 0.2) is 0 Å². The molecule has 0 radical (unpaired) electrons. The SMILES string of the molecule is COC(=O)c1ccc2ccccc2c1NC(=O)CC#N. The summed E-state index contributed by atoms with van der Waals surface area (Å²) in [6.45, 7) is 0. The minimum Gasteiger partial charge on any atom is -0.465 e. The van der Waals surface area contributed by atoms with Gasteiger partial charge in [0, 0.05) is 5.39 Å². The summed E-state index contributed by atoms with van der Waals surface area (Å²) in [4.78, 5) is 23.4. The lowest BCUT2D eigenvalue weighted by Crippen LogP contribution is -2.14. The Hall–Kier alpha value is -2.87. The van der Waals surface area contributed by atoms with Crippen LogP contribution in [0.15, 0.2) is 36.4 Å². The van der Waals surface area contributed by atoms with Gasteiger partial charge in [0.05, 0.1) is 24.4 Å². The van der Waals surface area contributed by atoms with E-state index < -0.39 is 11.9 Å². The number of rotatable bonds is 3. The molecule has 0 aliphatic carbocycles. The van der Waals surface area contributed by atoms with Crippen LogP contribution in [0.25, 0.3) is 10.8 Å². The van der Waals surface area contributed by atoms with Crippen molar-refractivity contribution in [3.63, 3.8) is 0 Å². The highest BCUT2D eigenvalue weighted by molar-refractivity contribution is 6.11. The fraction of sp³-hybridized carbons (Fsp3) is 0.133. The van der Waals surface area contributed by atoms with Crippen molar-refractivity contribution >= 4 is 28.3 Å². The molecule has 0 aliphatic heterocycles. The van der Waals surface area contributed by atoms with E-state index in [-0.39, 0.29) is 12.0 Å². The van der Waals surface area contributed by atoms with Gasteiger partial charge in [-0.25, -0.2) is 4.79 Å². The van der Waals surface area contributed by atoms with E-state index in [1.165, 1.54) is 7.11 Å². The highest BCUT2D eigenvalue weighted by Crippen LogP contribution is 2.28. The van der Waals surface area contributed by atoms with Gasteiger partial charge < -0.3 is 10.1 Å². The fourth-order valence-electron chi connectivity index (χ4n) is 1.94. The molecule has 0 unspecified atom stereocenters. The van der Waals surface area contributed by atoms with Crippen LogP contribution in [-0.2, 0) is 9.53 Å². The lowest BCUT2D eigenvalue weighted by Gasteiger charge is -2.12. The highest BCUT2D eigenvalue weighted by atomic mass is 16.5. The van der Waals surface area contributed by atoms with Crippen molar-refractivity contribution in [2.75, 3.05) is 12.4 Å². The highest BCUT2D eigenvalue weighted by Gasteiger charge is 2.16. The van der Waals surface area contributed by atoms with Crippen LogP contribution in [0.2, 0.25) is 0 Å². The quantitative estimate of drug-likeness (QED) is 0.867. The van der Waals surface area contributed by atoms with Crippen LogP contribution in [0.4, 0.5) is 5.69 Å². The Balaban J connectivity index is 2.59. The standard InChI is InChI=1S/C15H12N2O3/c1-20-15(19)12-7-6-10-4-2-3-5-11(10)14(12)17-13(18)8-9-16/h2-7H,8H2,1H3,(H,17,18). The maximum Gasteiger partial charge on any atom is 0.339 e. The number of fused-ring (bicyclic) bond motifs is 1. The van der Waals surface area contributed by atoms with Gasteiger partial charge in [0.1, 0.15) is 6.42 Å². The smallest absolute Gasteiger partial charge is 0.339 e. The first-order chi connectivity index (χ1) is 9.67. The number of ether oxygens (including phenoxy) is 1. The predicted octanol–water partition coefficient (Wildman–Crippen LogP) is 2.48. The molecule has 0 atom stereocenters. The maximum absolute atomic E-state index is 11.8. The third kappa shape index (κ3) is 2.59. The van der Waals surface area contributed by atoms with Crippen molar-refractivity contribution in [2.45, 2.75) is 6.42 Å². The molecule has 0 saturated carbocycles. The molecule has 0 fully saturated rings. The first-order valence-electron chi connectivity index (χ1n) is 5.94. The molecule has 5 nitrogen and oxygen atoms in total. The number of esters is 1. The van der Waals surface area contributed by atoms with E-state index in [0.717, 1.165) is 10.8 Å². The summed E-state index contributed by atoms with van der Waals surface area (Å²) in [5.41, 5.74) is 0.632. The average molecular weight is 268 g/mol. The summed E-state index contributed by atoms with van der Waals surface area (Å²) in [6.07, 6.45) is -0.274. The zero-order chi connectivity index (χ0) is 14.5. The average Bonchev–Trinajstić information content (AvgIpc) is 2.47. The summed E-state index contributed by atoms with van der Waals surface area (Å²) in [5, 5.41) is 12.8. The lowest BCUT2D eigenvalue weighted by atomic mass is 10.0. The summed E-state index contributed by atoms with van der Waals surface area (Å²) < 4.78 is 4.71. The van der Waals surface area contributed by atoms with Crippen LogP contribution in [0.5, 0.6) is 0 Å². The Kier molecular flexibility index (Phi) is 3.96. The molecule has 0 spiro atoms. The van der Waals surface area contributed by atoms with Gasteiger partial charge >= 0.3 is 5.97 Å². The molecule has 0 bridgehead atoms. The normalized spacial score (nSPS) is 9.80. The van der Waals surface area contributed by atoms with E-state index >= 15 is 0 Å². The number of nitriles is 1. The summed E-state index contributed by atoms with van der Waals surface area (Å²) >= 11 is 0. The van der Waals surface area contributed by atoms with Gasteiger partial charge in [0.2, 0.25) is 5.91 Å². The molecule has 0 aliphatic rings. The summed E-state index contributed by atoms with van der Waals surface area (Å²) in [6, 6.07) is 12.5. The minimum atomic E-state index is -0.539. The van der Waals surface area contributed by atoms with Crippen molar-refractivity contribution in [3.05, 3.63) is 42.0 Å². The van der Waals surface area contributed by atoms with Gasteiger partial charge in [-0.3, -0.25) is 4.79 Å². The van der Waals surface area contributed by atoms with Gasteiger partial charge in [0.25, 0.3) is 0 Å². The number of nitrogens with one attached hydrogen (secondary N) is 1. The van der Waals surface area contributed by atoms with Crippen LogP contribution in [-0.4, -0.2) is 19.0 Å². The van der Waals surface area contributed by atoms with Crippen molar-refractivity contribution in [1.29, 1.82) is 5.26 Å². The van der Waals surface area contributed by atoms with E-state index in [1.807, 2.05) is 18.2 Å². The predicted molar refractivity (Wildman–Crippen MR) is 74.1 cm³/mol. The second kappa shape index (κ2) is 5.85. The van der Waals surface area contributed by atoms with Crippen LogP contribution < -0.4 is 5.32 Å². The number of methoxy groups -OCH3 is 1. The molecule has 5 heteroatoms. The molecular weight excluding hydrogens is 256 g/mol. The van der Waals surface area contributed by atoms with Crippen LogP contribution in [0.1, 0.15) is 16.8 Å². The molecular formula is C15H12N2O3. The van der Waals surface area contributed by atoms with Crippen LogP contribution in [0, 0.1) is 11.3 Å². The number of benzene rings is 2. The molecule has 2 rings (SSSR count). The molecule has 0 heterocycles. The Labute approximate surface area is 115 Å². The second-order valence-electron chi connectivity index (χ2n) is 4.08. The first-order valence-corrected chi connectivity index (χ1v) is 5.94. The molecule has 20 heavy (non-hydrogen) atoms. The van der Waals surface area contributed by atoms with E-state index in [2.05, 4.69) is 5.32 Å². The van der Waals surface area contributed by atoms with E-state index in [1.54, 1.807) is 24.3 Å². The number of amides is 1. The number of anilines is 1. The molecule has 2 aromatic carbocycles. The van der Waals surface area contributed by atoms with E-state index in [9.17, 15) is 9.59 Å². The number of carbonyl (C=O) groups is 2. The molecule has 2 aromatic rings. The van der Waals surface area contributed by atoms with Crippen molar-refractivity contribution in [2.24, 2.45) is 0 Å². The number of hydrogen-bond donors (Lipinski definition) is 1. The van der Waals surface area contributed by atoms with Crippen molar-refractivity contribution < 1.29 is 14.3 Å². The van der Waals surface area contributed by atoms with E-state index in [4.69, 9.17) is 10.00 Å². The topological polar surface area (TPSA) is 79.2 Å². The second-order valence-corrected chi connectivity index (χ2v) is 4.08. The van der Waals surface area contributed by atoms with Gasteiger partial charge in [-0.2, -0.15) is 5.26 Å². The zero-order valence-corrected chi connectivity index (χ0v) is 10.8. The summed E-state index contributed by atoms with van der Waals surface area (Å²) in [5.74, 6) is -1.00. The Morgan fingerprint density at radius 2 is 2.00 bits per heavy atom. The van der Waals surface area contributed by atoms with Gasteiger partial charge in [-0.05, 0) is 11.5 Å². The molecule has 1 N–H and O–H groups in total. The Morgan fingerprint density at radius 1 is 1.25 bits per heavy atom. The minimum absolute atomic E-state index is 0.262. The van der Waals surface area contributed by atoms with Crippen LogP contribution >= 0.6 is 0 Å². The van der Waals surface area contributed by atoms with Crippen molar-refractivity contribution in [3.8, 4) is 6.07 Å². The Morgan fingerprint density at radius 3 is 2.70 bits per heavy atom. The number of carbonyl (C=O) groups excluding carboxylic acids is 2. The van der Waals surface area contributed by atoms with Gasteiger partial charge in [-0.1, -0.05) is 30.3 Å². The largest absolute Gasteiger partial charge is 0.465 e. The zero-order valence-electron chi connectivity index (χ0n) is 10.8. The van der Waals surface area contributed by atoms with E-state index in [0.29, 0.717) is 5.69 Å². The molecule has 0 saturated heterocycles. The third-order valence-corrected chi connectivity index (χ3v) is 2.84. The first kappa shape index (κ1) is 13.6. The molecule has 100 valence electrons. The fourth-order valence-corrected chi connectivity index (χ4v) is 1.94. The molecule has 0 aromatic heterocycles. The number of hydrogen-bond acceptors (Lipinski definition) is 4. The van der Waals surface area contributed by atoms with Crippen molar-refractivity contribution in [1.82, 2.24) is 0 Å². The molecule has 1 amide bonds. The summed E-state index contributed by atoms with van der Waals surface area (Å²) in [7, 11) is 1.28. The maximum atomic E-state index is 11.8. The van der Waals surface area contributed by atoms with Gasteiger partial charge in [-0.15, -0.1) is 0 Å².